The van der Waals surface area contributed by atoms with E-state index in [-0.39, 0.29) is 5.91 Å². The van der Waals surface area contributed by atoms with E-state index in [2.05, 4.69) is 38.0 Å². The molecule has 1 N–H and O–H groups in total. The molecule has 3 rings (SSSR count). The lowest BCUT2D eigenvalue weighted by molar-refractivity contribution is 0.0526. The Morgan fingerprint density at radius 3 is 2.28 bits per heavy atom. The molecule has 0 aromatic heterocycles. The lowest BCUT2D eigenvalue weighted by atomic mass is 10.1. The predicted octanol–water partition coefficient (Wildman–Crippen LogP) is 4.02. The zero-order valence-corrected chi connectivity index (χ0v) is 18.4. The van der Waals surface area contributed by atoms with Gasteiger partial charge in [0.1, 0.15) is 0 Å². The molecule has 0 atom stereocenters. The van der Waals surface area contributed by atoms with E-state index >= 15 is 0 Å². The van der Waals surface area contributed by atoms with Crippen LogP contribution >= 0.6 is 15.9 Å². The predicted molar refractivity (Wildman–Crippen MR) is 119 cm³/mol. The van der Waals surface area contributed by atoms with Gasteiger partial charge in [-0.2, -0.15) is 0 Å². The number of ether oxygens (including phenoxy) is 1. The van der Waals surface area contributed by atoms with Crippen LogP contribution in [0, 0.1) is 0 Å². The van der Waals surface area contributed by atoms with Crippen LogP contribution in [0.25, 0.3) is 0 Å². The van der Waals surface area contributed by atoms with Crippen LogP contribution in [-0.4, -0.2) is 56.1 Å². The van der Waals surface area contributed by atoms with Crippen molar-refractivity contribution in [1.29, 1.82) is 0 Å². The fraction of sp³-hybridized carbons (Fsp3) is 0.364. The molecule has 1 fully saturated rings. The van der Waals surface area contributed by atoms with Crippen molar-refractivity contribution in [3.8, 4) is 0 Å². The first-order chi connectivity index (χ1) is 14.0. The van der Waals surface area contributed by atoms with Gasteiger partial charge in [0.2, 0.25) is 0 Å². The van der Waals surface area contributed by atoms with Crippen molar-refractivity contribution in [1.82, 2.24) is 4.90 Å². The first kappa shape index (κ1) is 21.3. The van der Waals surface area contributed by atoms with E-state index in [1.165, 1.54) is 0 Å². The molecule has 1 heterocycles. The fourth-order valence-corrected chi connectivity index (χ4v) is 3.62. The molecule has 1 amide bonds. The number of piperazine rings is 1. The number of benzene rings is 2. The van der Waals surface area contributed by atoms with Crippen LogP contribution < -0.4 is 10.2 Å². The number of hydrogen-bond acceptors (Lipinski definition) is 5. The van der Waals surface area contributed by atoms with E-state index in [0.29, 0.717) is 23.4 Å². The molecule has 0 unspecified atom stereocenters. The van der Waals surface area contributed by atoms with Gasteiger partial charge in [0, 0.05) is 36.2 Å². The molecule has 7 heteroatoms. The molecule has 1 saturated heterocycles. The van der Waals surface area contributed by atoms with Crippen LogP contribution in [-0.2, 0) is 4.74 Å². The van der Waals surface area contributed by atoms with Gasteiger partial charge in [0.25, 0.3) is 5.91 Å². The van der Waals surface area contributed by atoms with Crippen LogP contribution in [0.15, 0.2) is 46.9 Å². The highest BCUT2D eigenvalue weighted by Crippen LogP contribution is 2.29. The van der Waals surface area contributed by atoms with Gasteiger partial charge in [0.05, 0.1) is 23.5 Å². The van der Waals surface area contributed by atoms with Crippen LogP contribution in [0.2, 0.25) is 0 Å². The molecule has 0 aliphatic carbocycles. The summed E-state index contributed by atoms with van der Waals surface area (Å²) in [6, 6.07) is 12.5. The third-order valence-corrected chi connectivity index (χ3v) is 5.55. The van der Waals surface area contributed by atoms with Crippen molar-refractivity contribution >= 4 is 39.2 Å². The number of nitrogens with zero attached hydrogens (tertiary/aromatic N) is 2. The molecule has 154 valence electrons. The van der Waals surface area contributed by atoms with E-state index < -0.39 is 5.97 Å². The standard InChI is InChI=1S/C22H26BrN3O3/c1-3-25-11-13-26(14-12-25)20-10-7-17(22(28)29-4-2)15-19(20)24-21(27)16-5-8-18(23)9-6-16/h5-10,15H,3-4,11-14H2,1-2H3,(H,24,27). The van der Waals surface area contributed by atoms with Crippen LogP contribution in [0.1, 0.15) is 34.6 Å². The summed E-state index contributed by atoms with van der Waals surface area (Å²) >= 11 is 3.38. The smallest absolute Gasteiger partial charge is 0.338 e. The second-order valence-corrected chi connectivity index (χ2v) is 7.75. The third kappa shape index (κ3) is 5.36. The summed E-state index contributed by atoms with van der Waals surface area (Å²) in [6.45, 7) is 8.94. The minimum absolute atomic E-state index is 0.216. The molecule has 2 aromatic rings. The van der Waals surface area contributed by atoms with Crippen molar-refractivity contribution in [2.75, 3.05) is 49.5 Å². The van der Waals surface area contributed by atoms with Crippen molar-refractivity contribution < 1.29 is 14.3 Å². The lowest BCUT2D eigenvalue weighted by Gasteiger charge is -2.36. The third-order valence-electron chi connectivity index (χ3n) is 5.02. The van der Waals surface area contributed by atoms with Gasteiger partial charge in [-0.15, -0.1) is 0 Å². The Bertz CT molecular complexity index is 862. The highest BCUT2D eigenvalue weighted by Gasteiger charge is 2.21. The summed E-state index contributed by atoms with van der Waals surface area (Å²) in [6.07, 6.45) is 0. The fourth-order valence-electron chi connectivity index (χ4n) is 3.35. The summed E-state index contributed by atoms with van der Waals surface area (Å²) in [5.74, 6) is -0.610. The van der Waals surface area contributed by atoms with Crippen molar-refractivity contribution in [3.63, 3.8) is 0 Å². The van der Waals surface area contributed by atoms with Gasteiger partial charge in [-0.3, -0.25) is 4.79 Å². The molecule has 1 aliphatic heterocycles. The zero-order chi connectivity index (χ0) is 20.8. The minimum Gasteiger partial charge on any atom is -0.462 e. The maximum absolute atomic E-state index is 12.8. The van der Waals surface area contributed by atoms with E-state index in [0.717, 1.165) is 42.9 Å². The monoisotopic (exact) mass is 459 g/mol. The summed E-state index contributed by atoms with van der Waals surface area (Å²) in [5, 5.41) is 2.99. The number of hydrogen-bond donors (Lipinski definition) is 1. The van der Waals surface area contributed by atoms with Crippen molar-refractivity contribution in [2.24, 2.45) is 0 Å². The zero-order valence-electron chi connectivity index (χ0n) is 16.8. The topological polar surface area (TPSA) is 61.9 Å². The van der Waals surface area contributed by atoms with Crippen LogP contribution in [0.3, 0.4) is 0 Å². The second kappa shape index (κ2) is 9.89. The number of halogens is 1. The number of amides is 1. The van der Waals surface area contributed by atoms with Gasteiger partial charge < -0.3 is 19.9 Å². The number of likely N-dealkylation sites (N-methyl/N-ethyl adjacent to an activating group) is 1. The highest BCUT2D eigenvalue weighted by atomic mass is 79.9. The Morgan fingerprint density at radius 2 is 1.66 bits per heavy atom. The van der Waals surface area contributed by atoms with Gasteiger partial charge in [-0.1, -0.05) is 22.9 Å². The summed E-state index contributed by atoms with van der Waals surface area (Å²) in [7, 11) is 0. The van der Waals surface area contributed by atoms with Gasteiger partial charge in [0.15, 0.2) is 0 Å². The second-order valence-electron chi connectivity index (χ2n) is 6.83. The molecule has 6 nitrogen and oxygen atoms in total. The molecule has 0 radical (unpaired) electrons. The Hall–Kier alpha value is -2.38. The van der Waals surface area contributed by atoms with Crippen LogP contribution in [0.5, 0.6) is 0 Å². The SMILES string of the molecule is CCOC(=O)c1ccc(N2CCN(CC)CC2)c(NC(=O)c2ccc(Br)cc2)c1. The van der Waals surface area contributed by atoms with E-state index in [4.69, 9.17) is 4.74 Å². The Kier molecular flexibility index (Phi) is 7.28. The number of carbonyl (C=O) groups is 2. The van der Waals surface area contributed by atoms with Crippen LogP contribution in [0.4, 0.5) is 11.4 Å². The summed E-state index contributed by atoms with van der Waals surface area (Å²) in [4.78, 5) is 29.6. The molecular formula is C22H26BrN3O3. The average Bonchev–Trinajstić information content (AvgIpc) is 2.74. The Morgan fingerprint density at radius 1 is 1.00 bits per heavy atom. The molecule has 29 heavy (non-hydrogen) atoms. The number of esters is 1. The van der Waals surface area contributed by atoms with E-state index in [1.54, 1.807) is 31.2 Å². The summed E-state index contributed by atoms with van der Waals surface area (Å²) in [5.41, 5.74) is 2.51. The number of rotatable bonds is 6. The largest absolute Gasteiger partial charge is 0.462 e. The summed E-state index contributed by atoms with van der Waals surface area (Å²) < 4.78 is 6.03. The van der Waals surface area contributed by atoms with E-state index in [1.807, 2.05) is 18.2 Å². The average molecular weight is 460 g/mol. The highest BCUT2D eigenvalue weighted by molar-refractivity contribution is 9.10. The molecule has 0 bridgehead atoms. The first-order valence-electron chi connectivity index (χ1n) is 9.87. The first-order valence-corrected chi connectivity index (χ1v) is 10.7. The molecular weight excluding hydrogens is 434 g/mol. The molecule has 2 aromatic carbocycles. The maximum Gasteiger partial charge on any atom is 0.338 e. The minimum atomic E-state index is -0.394. The Balaban J connectivity index is 1.88. The normalized spacial score (nSPS) is 14.5. The van der Waals surface area contributed by atoms with Crippen molar-refractivity contribution in [3.05, 3.63) is 58.1 Å². The van der Waals surface area contributed by atoms with E-state index in [9.17, 15) is 9.59 Å². The van der Waals surface area contributed by atoms with Gasteiger partial charge >= 0.3 is 5.97 Å². The lowest BCUT2D eigenvalue weighted by Crippen LogP contribution is -2.46. The number of carbonyl (C=O) groups excluding carboxylic acids is 2. The number of anilines is 2. The maximum atomic E-state index is 12.8. The van der Waals surface area contributed by atoms with Crippen molar-refractivity contribution in [2.45, 2.75) is 13.8 Å². The Labute approximate surface area is 180 Å². The molecule has 0 saturated carbocycles. The number of nitrogens with one attached hydrogen (secondary N) is 1. The molecule has 0 spiro atoms. The van der Waals surface area contributed by atoms with Gasteiger partial charge in [-0.25, -0.2) is 4.79 Å². The van der Waals surface area contributed by atoms with Gasteiger partial charge in [-0.05, 0) is 55.9 Å². The quantitative estimate of drug-likeness (QED) is 0.660. The molecule has 1 aliphatic rings.